The van der Waals surface area contributed by atoms with Gasteiger partial charge < -0.3 is 9.13 Å². The minimum Gasteiger partial charge on any atom is -0.309 e. The summed E-state index contributed by atoms with van der Waals surface area (Å²) in [6.45, 7) is 0. The van der Waals surface area contributed by atoms with Gasteiger partial charge in [-0.15, -0.1) is 0 Å². The fraction of sp³-hybridized carbons (Fsp3) is 0. The summed E-state index contributed by atoms with van der Waals surface area (Å²) in [6.07, 6.45) is 0. The molecule has 0 N–H and O–H groups in total. The Morgan fingerprint density at radius 3 is 1.25 bits per heavy atom. The molecule has 0 unspecified atom stereocenters. The summed E-state index contributed by atoms with van der Waals surface area (Å²) in [7, 11) is 0. The maximum atomic E-state index is 2.48. The van der Waals surface area contributed by atoms with E-state index in [9.17, 15) is 0 Å². The maximum Gasteiger partial charge on any atom is 0.0619 e. The molecule has 0 atom stereocenters. The highest BCUT2D eigenvalue weighted by Gasteiger charge is 2.22. The molecule has 0 aliphatic rings. The van der Waals surface area contributed by atoms with Crippen LogP contribution in [0.15, 0.2) is 170 Å². The molecule has 0 radical (unpaired) electrons. The summed E-state index contributed by atoms with van der Waals surface area (Å²) in [5.74, 6) is 0. The van der Waals surface area contributed by atoms with Gasteiger partial charge in [-0.3, -0.25) is 0 Å². The van der Waals surface area contributed by atoms with Crippen molar-refractivity contribution in [1.29, 1.82) is 0 Å². The van der Waals surface area contributed by atoms with Crippen molar-refractivity contribution in [2.75, 3.05) is 0 Å². The summed E-state index contributed by atoms with van der Waals surface area (Å²) in [4.78, 5) is 0. The number of para-hydroxylation sites is 6. The second kappa shape index (κ2) is 9.86. The Hall–Kier alpha value is -5.86. The lowest BCUT2D eigenvalue weighted by molar-refractivity contribution is 1.16. The Balaban J connectivity index is 1.44. The van der Waals surface area contributed by atoms with E-state index in [1.165, 1.54) is 71.6 Å². The van der Waals surface area contributed by atoms with Gasteiger partial charge in [-0.2, -0.15) is 0 Å². The molecular weight excluding hydrogens is 532 g/mol. The highest BCUT2D eigenvalue weighted by molar-refractivity contribution is 6.12. The van der Waals surface area contributed by atoms with Gasteiger partial charge in [0, 0.05) is 38.2 Å². The topological polar surface area (TPSA) is 9.86 Å². The third-order valence-corrected chi connectivity index (χ3v) is 8.94. The van der Waals surface area contributed by atoms with Gasteiger partial charge >= 0.3 is 0 Å². The molecule has 0 aliphatic carbocycles. The van der Waals surface area contributed by atoms with Gasteiger partial charge in [0.05, 0.1) is 33.4 Å². The summed E-state index contributed by atoms with van der Waals surface area (Å²) in [5, 5.41) is 5.04. The average molecular weight is 561 g/mol. The number of rotatable bonds is 4. The summed E-state index contributed by atoms with van der Waals surface area (Å²) < 4.78 is 4.91. The minimum atomic E-state index is 1.16. The SMILES string of the molecule is c1ccc(-c2cccc(-c3ccccc3-n3c4ccccc4c4ccccc43)c2-n2c3ccccc3c3ccccc32)cc1. The molecule has 0 amide bonds. The molecule has 0 saturated carbocycles. The van der Waals surface area contributed by atoms with Crippen molar-refractivity contribution in [2.45, 2.75) is 0 Å². The van der Waals surface area contributed by atoms with Gasteiger partial charge in [0.15, 0.2) is 0 Å². The second-order valence-electron chi connectivity index (χ2n) is 11.3. The molecule has 2 heteroatoms. The quantitative estimate of drug-likeness (QED) is 0.203. The number of nitrogens with zero attached hydrogens (tertiary/aromatic N) is 2. The Labute approximate surface area is 255 Å². The molecule has 0 aliphatic heterocycles. The predicted octanol–water partition coefficient (Wildman–Crippen LogP) is 11.2. The zero-order valence-electron chi connectivity index (χ0n) is 24.1. The molecule has 9 aromatic rings. The summed E-state index contributed by atoms with van der Waals surface area (Å²) in [6, 6.07) is 61.4. The molecular formula is C42H28N2. The van der Waals surface area contributed by atoms with Crippen molar-refractivity contribution in [3.8, 4) is 33.6 Å². The number of hydrogen-bond donors (Lipinski definition) is 0. The van der Waals surface area contributed by atoms with Crippen LogP contribution >= 0.6 is 0 Å². The first-order valence-corrected chi connectivity index (χ1v) is 15.1. The fourth-order valence-corrected chi connectivity index (χ4v) is 7.09. The van der Waals surface area contributed by atoms with Crippen molar-refractivity contribution in [1.82, 2.24) is 9.13 Å². The van der Waals surface area contributed by atoms with Crippen LogP contribution in [0, 0.1) is 0 Å². The first kappa shape index (κ1) is 24.7. The van der Waals surface area contributed by atoms with Crippen LogP contribution < -0.4 is 0 Å². The molecule has 7 aromatic carbocycles. The second-order valence-corrected chi connectivity index (χ2v) is 11.3. The van der Waals surface area contributed by atoms with Crippen LogP contribution in [0.3, 0.4) is 0 Å². The van der Waals surface area contributed by atoms with Gasteiger partial charge in [0.2, 0.25) is 0 Å². The lowest BCUT2D eigenvalue weighted by Crippen LogP contribution is -2.03. The van der Waals surface area contributed by atoms with Crippen molar-refractivity contribution in [3.63, 3.8) is 0 Å². The number of aromatic nitrogens is 2. The van der Waals surface area contributed by atoms with E-state index in [-0.39, 0.29) is 0 Å². The Bertz CT molecular complexity index is 2390. The van der Waals surface area contributed by atoms with E-state index < -0.39 is 0 Å². The van der Waals surface area contributed by atoms with Crippen molar-refractivity contribution in [3.05, 3.63) is 170 Å². The van der Waals surface area contributed by atoms with E-state index >= 15 is 0 Å². The monoisotopic (exact) mass is 560 g/mol. The molecule has 2 nitrogen and oxygen atoms in total. The molecule has 206 valence electrons. The third kappa shape index (κ3) is 3.61. The fourth-order valence-electron chi connectivity index (χ4n) is 7.09. The standard InChI is InChI=1S/C42H28N2/c1-2-15-29(16-3-1)30-22-14-23-36(42(30)44-40-27-12-6-19-33(40)34-20-7-13-28-41(34)44)35-21-8-11-26-39(35)43-37-24-9-4-17-31(37)32-18-5-10-25-38(32)43/h1-28H. The molecule has 2 aromatic heterocycles. The van der Waals surface area contributed by atoms with Gasteiger partial charge in [-0.25, -0.2) is 0 Å². The van der Waals surface area contributed by atoms with E-state index in [4.69, 9.17) is 0 Å². The molecule has 0 bridgehead atoms. The first-order valence-electron chi connectivity index (χ1n) is 15.1. The normalized spacial score (nSPS) is 11.6. The minimum absolute atomic E-state index is 1.16. The van der Waals surface area contributed by atoms with E-state index in [1.54, 1.807) is 0 Å². The van der Waals surface area contributed by atoms with Crippen LogP contribution in [-0.4, -0.2) is 9.13 Å². The average Bonchev–Trinajstić information content (AvgIpc) is 3.61. The smallest absolute Gasteiger partial charge is 0.0619 e. The van der Waals surface area contributed by atoms with Gasteiger partial charge in [-0.05, 0) is 35.9 Å². The van der Waals surface area contributed by atoms with E-state index in [0.717, 1.165) is 5.69 Å². The van der Waals surface area contributed by atoms with Crippen LogP contribution in [0.5, 0.6) is 0 Å². The van der Waals surface area contributed by atoms with Crippen LogP contribution in [0.25, 0.3) is 77.2 Å². The zero-order chi connectivity index (χ0) is 29.0. The number of fused-ring (bicyclic) bond motifs is 6. The molecule has 9 rings (SSSR count). The van der Waals surface area contributed by atoms with Crippen LogP contribution in [-0.2, 0) is 0 Å². The zero-order valence-corrected chi connectivity index (χ0v) is 24.1. The van der Waals surface area contributed by atoms with Crippen LogP contribution in [0.1, 0.15) is 0 Å². The molecule has 0 fully saturated rings. The van der Waals surface area contributed by atoms with E-state index in [1.807, 2.05) is 0 Å². The molecule has 0 spiro atoms. The van der Waals surface area contributed by atoms with Gasteiger partial charge in [-0.1, -0.05) is 140 Å². The lowest BCUT2D eigenvalue weighted by Gasteiger charge is -2.21. The predicted molar refractivity (Wildman–Crippen MR) is 186 cm³/mol. The number of hydrogen-bond acceptors (Lipinski definition) is 0. The van der Waals surface area contributed by atoms with Crippen LogP contribution in [0.4, 0.5) is 0 Å². The first-order chi connectivity index (χ1) is 21.9. The van der Waals surface area contributed by atoms with Crippen molar-refractivity contribution >= 4 is 43.6 Å². The number of benzene rings is 7. The van der Waals surface area contributed by atoms with E-state index in [2.05, 4.69) is 179 Å². The molecule has 44 heavy (non-hydrogen) atoms. The van der Waals surface area contributed by atoms with Crippen LogP contribution in [0.2, 0.25) is 0 Å². The third-order valence-electron chi connectivity index (χ3n) is 8.94. The molecule has 0 saturated heterocycles. The maximum absolute atomic E-state index is 2.48. The largest absolute Gasteiger partial charge is 0.309 e. The summed E-state index contributed by atoms with van der Waals surface area (Å²) in [5.41, 5.74) is 11.9. The molecule has 2 heterocycles. The Morgan fingerprint density at radius 1 is 0.273 bits per heavy atom. The van der Waals surface area contributed by atoms with Crippen molar-refractivity contribution < 1.29 is 0 Å². The van der Waals surface area contributed by atoms with Gasteiger partial charge in [0.25, 0.3) is 0 Å². The lowest BCUT2D eigenvalue weighted by atomic mass is 9.94. The Kier molecular flexibility index (Phi) is 5.54. The highest BCUT2D eigenvalue weighted by Crippen LogP contribution is 2.43. The summed E-state index contributed by atoms with van der Waals surface area (Å²) >= 11 is 0. The Morgan fingerprint density at radius 2 is 0.682 bits per heavy atom. The van der Waals surface area contributed by atoms with Gasteiger partial charge in [0.1, 0.15) is 0 Å². The highest BCUT2D eigenvalue weighted by atomic mass is 15.0. The van der Waals surface area contributed by atoms with Crippen molar-refractivity contribution in [2.24, 2.45) is 0 Å². The van der Waals surface area contributed by atoms with E-state index in [0.29, 0.717) is 0 Å².